The lowest BCUT2D eigenvalue weighted by Gasteiger charge is -2.31. The predicted molar refractivity (Wildman–Crippen MR) is 457 cm³/mol. The number of aromatic nitrogens is 15. The number of aliphatic hydroxyl groups is 2. The molecule has 3 aromatic carbocycles. The van der Waals surface area contributed by atoms with Crippen LogP contribution in [0.3, 0.4) is 0 Å². The minimum atomic E-state index is -0.973. The number of hydrogen-bond donors (Lipinski definition) is 6. The van der Waals surface area contributed by atoms with Crippen molar-refractivity contribution in [3.8, 4) is 32.3 Å². The molecule has 3 aliphatic heterocycles. The lowest BCUT2D eigenvalue weighted by Crippen LogP contribution is -2.44. The lowest BCUT2D eigenvalue weighted by molar-refractivity contribution is -0.125. The number of aryl methyl sites for hydroxylation is 3. The van der Waals surface area contributed by atoms with Crippen molar-refractivity contribution in [1.29, 1.82) is 0 Å². The van der Waals surface area contributed by atoms with Gasteiger partial charge < -0.3 is 54.6 Å². The molecule has 18 rings (SSSR count). The summed E-state index contributed by atoms with van der Waals surface area (Å²) >= 11 is 3.58. The highest BCUT2D eigenvalue weighted by molar-refractivity contribution is 7.22. The summed E-state index contributed by atoms with van der Waals surface area (Å²) in [6.07, 6.45) is 13.0. The molecule has 0 bridgehead atoms. The van der Waals surface area contributed by atoms with E-state index in [0.717, 1.165) is 13.7 Å². The Hall–Kier alpha value is -12.3. The maximum atomic E-state index is 14.6. The fourth-order valence-corrected chi connectivity index (χ4v) is 20.5. The summed E-state index contributed by atoms with van der Waals surface area (Å²) in [5.74, 6) is -0.894. The Morgan fingerprint density at radius 1 is 0.433 bits per heavy atom. The predicted octanol–water partition coefficient (Wildman–Crippen LogP) is 7.07. The molecular formula is C84H91F3N18O19S3. The Morgan fingerprint density at radius 2 is 0.764 bits per heavy atom. The number of ketones is 2. The maximum absolute atomic E-state index is 14.6. The molecule has 6 N–H and O–H groups in total. The van der Waals surface area contributed by atoms with Crippen LogP contribution in [0.5, 0.6) is 17.2 Å². The number of halogens is 3. The van der Waals surface area contributed by atoms with E-state index < -0.39 is 106 Å². The molecular weight excluding hydrogens is 1720 g/mol. The van der Waals surface area contributed by atoms with Gasteiger partial charge in [0, 0.05) is 78.7 Å². The van der Waals surface area contributed by atoms with Crippen LogP contribution in [-0.2, 0) is 51.3 Å². The highest BCUT2D eigenvalue weighted by Crippen LogP contribution is 2.41. The number of benzene rings is 3. The molecule has 6 fully saturated rings. The summed E-state index contributed by atoms with van der Waals surface area (Å²) in [5, 5.41) is 55.2. The smallest absolute Gasteiger partial charge is 0.332 e. The fraction of sp³-hybridized carbons (Fsp3) is 0.440. The Labute approximate surface area is 730 Å². The van der Waals surface area contributed by atoms with Crippen molar-refractivity contribution in [2.45, 2.75) is 191 Å². The van der Waals surface area contributed by atoms with Crippen molar-refractivity contribution in [1.82, 2.24) is 88.8 Å². The van der Waals surface area contributed by atoms with Gasteiger partial charge in [-0.25, -0.2) is 41.3 Å². The number of fused-ring (bicyclic) bond motifs is 3. The first-order valence-corrected chi connectivity index (χ1v) is 43.8. The molecule has 3 aliphatic carbocycles. The van der Waals surface area contributed by atoms with Crippen LogP contribution in [0.1, 0.15) is 166 Å². The number of hydrogen-bond acceptors (Lipinski definition) is 28. The van der Waals surface area contributed by atoms with Gasteiger partial charge in [-0.15, -0.1) is 14.4 Å². The SMILES string of the molecule is COc1ccc(F)cc1[C@H](CO)OC1CCC(=O)CC1.COc1ccc(F)cc1[C@H](Cn1c(=O)n([C@H]2CCNC2=O)c(=O)c2c(C)c(-n3nccn3)sc21)OC1CCC(=O)CC1.COc1ccc(F)cc1[C@H](Cn1c(=O)n([C@H]2CCNC2=O)c(=O)c2c(C)c(-n3nccn3)sc21)OC1CCC(O)CC1.Cc1c(-n2nccn2)sc2[nH]c(=O)n([C@H]3CCNC3=O)c(=O)c12. The summed E-state index contributed by atoms with van der Waals surface area (Å²) in [6.45, 7) is 5.95. The molecule has 6 atom stereocenters. The molecule has 43 heteroatoms. The number of nitrogens with one attached hydrogen (secondary N) is 4. The highest BCUT2D eigenvalue weighted by atomic mass is 32.1. The number of carbonyl (C=O) groups excluding carboxylic acids is 5. The molecule has 0 spiro atoms. The van der Waals surface area contributed by atoms with Crippen LogP contribution in [0.4, 0.5) is 13.2 Å². The van der Waals surface area contributed by atoms with Gasteiger partial charge in [-0.05, 0) is 146 Å². The number of thiophene rings is 3. The molecule has 3 amide bonds. The average molecular weight is 1810 g/mol. The number of Topliss-reactive ketones (excluding diaryl/α,β-unsaturated/α-hetero) is 2. The third kappa shape index (κ3) is 18.7. The van der Waals surface area contributed by atoms with Crippen molar-refractivity contribution in [3.05, 3.63) is 205 Å². The second kappa shape index (κ2) is 38.9. The molecule has 0 unspecified atom stereocenters. The number of H-pyrrole nitrogens is 1. The van der Waals surface area contributed by atoms with Crippen LogP contribution >= 0.6 is 34.0 Å². The fourth-order valence-electron chi connectivity index (χ4n) is 16.9. The molecule has 6 aliphatic rings. The van der Waals surface area contributed by atoms with Crippen molar-refractivity contribution in [2.24, 2.45) is 0 Å². The molecule has 3 saturated carbocycles. The topological polar surface area (TPSA) is 452 Å². The normalized spacial score (nSPS) is 19.3. The number of rotatable bonds is 23. The largest absolute Gasteiger partial charge is 0.496 e. The Bertz CT molecular complexity index is 6490. The second-order valence-corrected chi connectivity index (χ2v) is 34.2. The van der Waals surface area contributed by atoms with Gasteiger partial charge in [-0.1, -0.05) is 34.0 Å². The van der Waals surface area contributed by atoms with E-state index in [1.54, 1.807) is 20.8 Å². The molecule has 9 aromatic heterocycles. The highest BCUT2D eigenvalue weighted by Gasteiger charge is 2.39. The van der Waals surface area contributed by atoms with Gasteiger partial charge in [-0.2, -0.15) is 30.6 Å². The van der Waals surface area contributed by atoms with E-state index in [4.69, 9.17) is 28.4 Å². The van der Waals surface area contributed by atoms with Gasteiger partial charge in [0.2, 0.25) is 17.7 Å². The first kappa shape index (κ1) is 89.6. The van der Waals surface area contributed by atoms with Crippen LogP contribution in [-0.4, -0.2) is 184 Å². The van der Waals surface area contributed by atoms with E-state index in [2.05, 4.69) is 51.5 Å². The van der Waals surface area contributed by atoms with Crippen LogP contribution in [0.15, 0.2) is 121 Å². The Balaban J connectivity index is 0.000000137. The van der Waals surface area contributed by atoms with Crippen LogP contribution in [0.25, 0.3) is 45.7 Å². The molecule has 12 aromatic rings. The van der Waals surface area contributed by atoms with Crippen molar-refractivity contribution < 1.29 is 75.8 Å². The van der Waals surface area contributed by atoms with E-state index in [9.17, 15) is 76.1 Å². The third-order valence-corrected chi connectivity index (χ3v) is 27.1. The summed E-state index contributed by atoms with van der Waals surface area (Å²) in [5.41, 5.74) is -0.449. The Morgan fingerprint density at radius 3 is 1.12 bits per heavy atom. The molecule has 0 radical (unpaired) electrons. The summed E-state index contributed by atoms with van der Waals surface area (Å²) in [7, 11) is 4.42. The van der Waals surface area contributed by atoms with Gasteiger partial charge in [0.25, 0.3) is 16.7 Å². The maximum Gasteiger partial charge on any atom is 0.332 e. The van der Waals surface area contributed by atoms with Crippen molar-refractivity contribution in [3.63, 3.8) is 0 Å². The van der Waals surface area contributed by atoms with Gasteiger partial charge in [0.15, 0.2) is 0 Å². The van der Waals surface area contributed by atoms with Crippen molar-refractivity contribution in [2.75, 3.05) is 47.6 Å². The molecule has 670 valence electrons. The first-order valence-electron chi connectivity index (χ1n) is 41.3. The number of nitrogens with zero attached hydrogens (tertiary/aromatic N) is 14. The van der Waals surface area contributed by atoms with E-state index in [1.165, 1.54) is 171 Å². The van der Waals surface area contributed by atoms with Crippen LogP contribution < -0.4 is 63.9 Å². The van der Waals surface area contributed by atoms with E-state index in [1.807, 2.05) is 0 Å². The van der Waals surface area contributed by atoms with Gasteiger partial charge in [0.05, 0.1) is 119 Å². The van der Waals surface area contributed by atoms with E-state index in [-0.39, 0.29) is 79.1 Å². The molecule has 127 heavy (non-hydrogen) atoms. The monoisotopic (exact) mass is 1810 g/mol. The summed E-state index contributed by atoms with van der Waals surface area (Å²) in [4.78, 5) is 150. The average Bonchev–Trinajstić information content (AvgIpc) is 1.60. The summed E-state index contributed by atoms with van der Waals surface area (Å²) in [6, 6.07) is 9.61. The first-order chi connectivity index (χ1) is 61.2. The van der Waals surface area contributed by atoms with Crippen LogP contribution in [0, 0.1) is 38.2 Å². The van der Waals surface area contributed by atoms with E-state index >= 15 is 0 Å². The quantitative estimate of drug-likeness (QED) is 0.0372. The lowest BCUT2D eigenvalue weighted by atomic mass is 9.94. The van der Waals surface area contributed by atoms with Crippen molar-refractivity contribution >= 4 is 93.9 Å². The molecule has 37 nitrogen and oxygen atoms in total. The number of amides is 3. The third-order valence-electron chi connectivity index (χ3n) is 23.4. The van der Waals surface area contributed by atoms with Gasteiger partial charge in [-0.3, -0.25) is 52.5 Å². The molecule has 12 heterocycles. The second-order valence-electron chi connectivity index (χ2n) is 31.3. The number of aliphatic hydroxyl groups excluding tert-OH is 2. The zero-order valence-corrected chi connectivity index (χ0v) is 72.2. The summed E-state index contributed by atoms with van der Waals surface area (Å²) < 4.78 is 83.6. The zero-order valence-electron chi connectivity index (χ0n) is 69.7. The number of ether oxygens (including phenoxy) is 6. The van der Waals surface area contributed by atoms with Gasteiger partial charge >= 0.3 is 17.1 Å². The minimum Gasteiger partial charge on any atom is -0.496 e. The molecule has 3 saturated heterocycles. The van der Waals surface area contributed by atoms with Crippen LogP contribution in [0.2, 0.25) is 0 Å². The van der Waals surface area contributed by atoms with E-state index in [0.29, 0.717) is 189 Å². The van der Waals surface area contributed by atoms with Gasteiger partial charge in [0.1, 0.15) is 112 Å². The number of aromatic amines is 1. The number of carbonyl (C=O) groups is 5. The number of methoxy groups -OCH3 is 3. The minimum absolute atomic E-state index is 0.0853. The standard InChI is InChI=1S/C28H31FN6O6S.C28H29FN6O6S.C15H19FO4.C13H12N6O3S/c2*1-15-23-25(38)34(20-9-10-30-24(20)37)28(39)33(27(23)42-26(15)35-31-11-12-32-35)14-22(41-18-6-4-17(36)5-7-18)19-13-16(29)3-8-21(19)40-2;1-19-14-7-2-10(16)8-13(14)15(9-17)20-12-5-3-11(18)4-6-12;1-6-8-10(23-12(6)19-15-4-5-16-19)17-13(22)18(11(8)21)7-2-3-14-9(7)20/h3,8,11-13,17-18,20,22,36H,4-7,9-10,14H2,1-2H3,(H,30,37);3,8,11-13,18,20,22H,4-7,9-10,14H2,1-2H3,(H,30,37);2,7-8,12,15,17H,3-6,9H2,1H3;4-5,7H,2-3H2,1H3,(H,14,20)(H,17,22)/t17?,18?,20-,22-;20-,22-;15-;7-/m0000/s1. The Kier molecular flexibility index (Phi) is 27.4. The zero-order chi connectivity index (χ0) is 89.8.